The molecule has 7 heteroatoms. The Bertz CT molecular complexity index is 480. The van der Waals surface area contributed by atoms with Gasteiger partial charge in [0.25, 0.3) is 0 Å². The van der Waals surface area contributed by atoms with E-state index in [4.69, 9.17) is 14.4 Å². The topological polar surface area (TPSA) is 88.7 Å². The maximum atomic E-state index is 11.1. The van der Waals surface area contributed by atoms with Crippen LogP contribution in [0.4, 0.5) is 0 Å². The molecule has 0 saturated carbocycles. The van der Waals surface area contributed by atoms with Gasteiger partial charge in [0.1, 0.15) is 0 Å². The van der Waals surface area contributed by atoms with Crippen LogP contribution in [0.2, 0.25) is 0 Å². The van der Waals surface area contributed by atoms with Crippen LogP contribution in [0.5, 0.6) is 0 Å². The molecular formula is C13H21N3O4. The fraction of sp³-hybridized carbons (Fsp3) is 0.769. The molecule has 112 valence electrons. The quantitative estimate of drug-likeness (QED) is 0.878. The smallest absolute Gasteiger partial charge is 0.310 e. The third kappa shape index (κ3) is 3.16. The summed E-state index contributed by atoms with van der Waals surface area (Å²) in [5.74, 6) is -0.197. The zero-order valence-corrected chi connectivity index (χ0v) is 12.3. The van der Waals surface area contributed by atoms with Crippen LogP contribution in [0.3, 0.4) is 0 Å². The van der Waals surface area contributed by atoms with Gasteiger partial charge in [-0.3, -0.25) is 9.69 Å². The molecule has 0 bridgehead atoms. The summed E-state index contributed by atoms with van der Waals surface area (Å²) in [5, 5.41) is 13.1. The van der Waals surface area contributed by atoms with E-state index >= 15 is 0 Å². The summed E-state index contributed by atoms with van der Waals surface area (Å²) in [5.41, 5.74) is -0.166. The first kappa shape index (κ1) is 14.9. The average Bonchev–Trinajstić information content (AvgIpc) is 2.95. The van der Waals surface area contributed by atoms with E-state index in [9.17, 15) is 4.79 Å². The van der Waals surface area contributed by atoms with Crippen LogP contribution in [-0.2, 0) is 21.5 Å². The number of likely N-dealkylation sites (N-methyl/N-ethyl adjacent to an activating group) is 1. The molecule has 7 nitrogen and oxygen atoms in total. The van der Waals surface area contributed by atoms with Gasteiger partial charge < -0.3 is 14.4 Å². The zero-order valence-electron chi connectivity index (χ0n) is 12.3. The second kappa shape index (κ2) is 5.49. The number of nitrogens with zero attached hydrogens (tertiary/aromatic N) is 3. The van der Waals surface area contributed by atoms with Crippen molar-refractivity contribution < 1.29 is 19.2 Å². The van der Waals surface area contributed by atoms with Gasteiger partial charge in [-0.25, -0.2) is 0 Å². The summed E-state index contributed by atoms with van der Waals surface area (Å²) in [4.78, 5) is 17.4. The van der Waals surface area contributed by atoms with Gasteiger partial charge in [-0.05, 0) is 7.05 Å². The van der Waals surface area contributed by atoms with Crippen LogP contribution in [0, 0.1) is 5.92 Å². The molecule has 1 fully saturated rings. The molecule has 2 atom stereocenters. The molecule has 2 heterocycles. The number of aliphatic carboxylic acids is 1. The summed E-state index contributed by atoms with van der Waals surface area (Å²) < 4.78 is 10.5. The van der Waals surface area contributed by atoms with Gasteiger partial charge in [-0.15, -0.1) is 0 Å². The number of hydrogen-bond acceptors (Lipinski definition) is 6. The van der Waals surface area contributed by atoms with Gasteiger partial charge in [0.05, 0.1) is 25.7 Å². The van der Waals surface area contributed by atoms with Crippen LogP contribution >= 0.6 is 0 Å². The number of carbonyl (C=O) groups is 1. The number of hydrogen-bond donors (Lipinski definition) is 1. The summed E-state index contributed by atoms with van der Waals surface area (Å²) in [6, 6.07) is -0.169. The molecule has 2 unspecified atom stereocenters. The van der Waals surface area contributed by atoms with E-state index in [2.05, 4.69) is 10.1 Å². The van der Waals surface area contributed by atoms with Gasteiger partial charge >= 0.3 is 5.97 Å². The Labute approximate surface area is 117 Å². The van der Waals surface area contributed by atoms with E-state index in [-0.39, 0.29) is 18.1 Å². The van der Waals surface area contributed by atoms with Crippen LogP contribution in [0.25, 0.3) is 0 Å². The van der Waals surface area contributed by atoms with Crippen molar-refractivity contribution in [3.05, 3.63) is 11.7 Å². The number of rotatable bonds is 4. The highest BCUT2D eigenvalue weighted by atomic mass is 16.5. The molecule has 1 N–H and O–H groups in total. The Morgan fingerprint density at radius 1 is 1.45 bits per heavy atom. The summed E-state index contributed by atoms with van der Waals surface area (Å²) in [6.07, 6.45) is 0. The number of carboxylic acid groups (broad SMARTS) is 1. The summed E-state index contributed by atoms with van der Waals surface area (Å²) >= 11 is 0. The van der Waals surface area contributed by atoms with Crippen LogP contribution in [-0.4, -0.2) is 52.4 Å². The first-order valence-corrected chi connectivity index (χ1v) is 6.63. The molecule has 0 radical (unpaired) electrons. The molecule has 1 aliphatic heterocycles. The number of ether oxygens (including phenoxy) is 1. The highest BCUT2D eigenvalue weighted by Crippen LogP contribution is 2.22. The highest BCUT2D eigenvalue weighted by Gasteiger charge is 2.37. The minimum atomic E-state index is -0.833. The maximum absolute atomic E-state index is 11.1. The average molecular weight is 283 g/mol. The molecule has 0 spiro atoms. The Balaban J connectivity index is 2.02. The van der Waals surface area contributed by atoms with E-state index < -0.39 is 11.9 Å². The van der Waals surface area contributed by atoms with Gasteiger partial charge in [0.2, 0.25) is 5.89 Å². The van der Waals surface area contributed by atoms with Crippen molar-refractivity contribution >= 4 is 5.97 Å². The monoisotopic (exact) mass is 283 g/mol. The van der Waals surface area contributed by atoms with Gasteiger partial charge in [-0.1, -0.05) is 25.9 Å². The highest BCUT2D eigenvalue weighted by molar-refractivity contribution is 5.71. The third-order valence-corrected chi connectivity index (χ3v) is 3.46. The lowest BCUT2D eigenvalue weighted by Crippen LogP contribution is -2.40. The van der Waals surface area contributed by atoms with Crippen molar-refractivity contribution in [1.29, 1.82) is 0 Å². The number of aromatic nitrogens is 2. The van der Waals surface area contributed by atoms with Crippen molar-refractivity contribution in [2.75, 3.05) is 20.3 Å². The fourth-order valence-corrected chi connectivity index (χ4v) is 2.17. The zero-order chi connectivity index (χ0) is 14.9. The van der Waals surface area contributed by atoms with Crippen LogP contribution < -0.4 is 0 Å². The summed E-state index contributed by atoms with van der Waals surface area (Å²) in [7, 11) is 1.84. The molecule has 1 saturated heterocycles. The van der Waals surface area contributed by atoms with E-state index in [1.54, 1.807) is 0 Å². The lowest BCUT2D eigenvalue weighted by Gasteiger charge is -2.24. The molecule has 1 aromatic rings. The SMILES string of the molecule is CN(Cc1nc(C(C)(C)C)no1)C1COCC1C(=O)O. The first-order chi connectivity index (χ1) is 9.29. The molecular weight excluding hydrogens is 262 g/mol. The van der Waals surface area contributed by atoms with Crippen molar-refractivity contribution in [3.63, 3.8) is 0 Å². The molecule has 0 aromatic carbocycles. The minimum absolute atomic E-state index is 0.166. The predicted molar refractivity (Wildman–Crippen MR) is 70.2 cm³/mol. The standard InChI is InChI=1S/C13H21N3O4/c1-13(2,3)12-14-10(20-15-12)5-16(4)9-7-19-6-8(9)11(17)18/h8-9H,5-7H2,1-4H3,(H,17,18). The maximum Gasteiger partial charge on any atom is 0.310 e. The van der Waals surface area contributed by atoms with Gasteiger partial charge in [-0.2, -0.15) is 4.98 Å². The first-order valence-electron chi connectivity index (χ1n) is 6.63. The Morgan fingerprint density at radius 2 is 2.15 bits per heavy atom. The van der Waals surface area contributed by atoms with Crippen molar-refractivity contribution in [3.8, 4) is 0 Å². The van der Waals surface area contributed by atoms with E-state index in [1.807, 2.05) is 32.7 Å². The Hall–Kier alpha value is -1.47. The molecule has 20 heavy (non-hydrogen) atoms. The van der Waals surface area contributed by atoms with E-state index in [0.29, 0.717) is 24.9 Å². The second-order valence-electron chi connectivity index (χ2n) is 6.23. The third-order valence-electron chi connectivity index (χ3n) is 3.46. The number of carboxylic acids is 1. The van der Waals surface area contributed by atoms with Crippen LogP contribution in [0.1, 0.15) is 32.5 Å². The van der Waals surface area contributed by atoms with Gasteiger partial charge in [0.15, 0.2) is 5.82 Å². The van der Waals surface area contributed by atoms with Crippen molar-refractivity contribution in [2.45, 2.75) is 38.8 Å². The van der Waals surface area contributed by atoms with Crippen molar-refractivity contribution in [1.82, 2.24) is 15.0 Å². The lowest BCUT2D eigenvalue weighted by atomic mass is 9.96. The lowest BCUT2D eigenvalue weighted by molar-refractivity contribution is -0.143. The van der Waals surface area contributed by atoms with Crippen LogP contribution in [0.15, 0.2) is 4.52 Å². The molecule has 0 aliphatic carbocycles. The fourth-order valence-electron chi connectivity index (χ4n) is 2.17. The Kier molecular flexibility index (Phi) is 4.10. The second-order valence-corrected chi connectivity index (χ2v) is 6.23. The van der Waals surface area contributed by atoms with E-state index in [1.165, 1.54) is 0 Å². The Morgan fingerprint density at radius 3 is 2.70 bits per heavy atom. The minimum Gasteiger partial charge on any atom is -0.481 e. The van der Waals surface area contributed by atoms with Gasteiger partial charge in [0, 0.05) is 11.5 Å². The van der Waals surface area contributed by atoms with Crippen molar-refractivity contribution in [2.24, 2.45) is 5.92 Å². The van der Waals surface area contributed by atoms with E-state index in [0.717, 1.165) is 0 Å². The molecule has 1 aliphatic rings. The predicted octanol–water partition coefficient (Wildman–Crippen LogP) is 0.898. The largest absolute Gasteiger partial charge is 0.481 e. The molecule has 2 rings (SSSR count). The summed E-state index contributed by atoms with van der Waals surface area (Å²) in [6.45, 7) is 7.11. The normalized spacial score (nSPS) is 23.4. The molecule has 1 aromatic heterocycles. The molecule has 0 amide bonds.